The molecule has 1 heterocycles. The van der Waals surface area contributed by atoms with Gasteiger partial charge in [-0.3, -0.25) is 9.89 Å². The highest BCUT2D eigenvalue weighted by Gasteiger charge is 2.11. The number of nitrogens with zero attached hydrogens (tertiary/aromatic N) is 1. The molecule has 0 saturated heterocycles. The van der Waals surface area contributed by atoms with Gasteiger partial charge in [-0.15, -0.1) is 0 Å². The Hall–Kier alpha value is -1.61. The second kappa shape index (κ2) is 4.49. The second-order valence-corrected chi connectivity index (χ2v) is 4.00. The topological polar surface area (TPSA) is 45.8 Å². The van der Waals surface area contributed by atoms with Crippen molar-refractivity contribution in [1.82, 2.24) is 10.2 Å². The van der Waals surface area contributed by atoms with Crippen LogP contribution in [-0.4, -0.2) is 16.5 Å². The number of carbonyl (C=O) groups excluding carboxylic acids is 1. The Morgan fingerprint density at radius 3 is 2.88 bits per heavy atom. The molecule has 0 atom stereocenters. The number of aryl methyl sites for hydroxylation is 1. The van der Waals surface area contributed by atoms with E-state index in [1.54, 1.807) is 0 Å². The van der Waals surface area contributed by atoms with Crippen LogP contribution < -0.4 is 0 Å². The van der Waals surface area contributed by atoms with E-state index < -0.39 is 0 Å². The van der Waals surface area contributed by atoms with Crippen LogP contribution in [-0.2, 0) is 6.42 Å². The van der Waals surface area contributed by atoms with Crippen molar-refractivity contribution in [3.05, 3.63) is 51.8 Å². The van der Waals surface area contributed by atoms with Crippen LogP contribution in [0.25, 0.3) is 0 Å². The predicted octanol–water partition coefficient (Wildman–Crippen LogP) is 2.77. The number of aromatic nitrogens is 2. The van der Waals surface area contributed by atoms with Crippen molar-refractivity contribution < 1.29 is 4.79 Å². The minimum absolute atomic E-state index is 0.568. The summed E-state index contributed by atoms with van der Waals surface area (Å²) < 4.78 is 0. The number of carbonyl (C=O) groups is 1. The number of rotatable bonds is 3. The Morgan fingerprint density at radius 2 is 2.19 bits per heavy atom. The third-order valence-electron chi connectivity index (χ3n) is 2.51. The van der Waals surface area contributed by atoms with Crippen LogP contribution in [0.2, 0.25) is 5.02 Å². The normalized spacial score (nSPS) is 10.4. The number of benzene rings is 1. The van der Waals surface area contributed by atoms with Crippen molar-refractivity contribution in [3.8, 4) is 0 Å². The first-order valence-corrected chi connectivity index (χ1v) is 5.32. The van der Waals surface area contributed by atoms with Crippen molar-refractivity contribution in [2.45, 2.75) is 13.3 Å². The first-order valence-electron chi connectivity index (χ1n) is 4.95. The summed E-state index contributed by atoms with van der Waals surface area (Å²) in [6, 6.07) is 7.56. The van der Waals surface area contributed by atoms with E-state index in [2.05, 4.69) is 10.2 Å². The van der Waals surface area contributed by atoms with Gasteiger partial charge in [0.25, 0.3) is 0 Å². The van der Waals surface area contributed by atoms with Crippen molar-refractivity contribution >= 4 is 17.9 Å². The van der Waals surface area contributed by atoms with Crippen molar-refractivity contribution in [2.24, 2.45) is 0 Å². The molecule has 1 aromatic heterocycles. The van der Waals surface area contributed by atoms with Crippen LogP contribution in [0.1, 0.15) is 27.3 Å². The molecule has 0 aliphatic heterocycles. The molecule has 1 aromatic carbocycles. The Bertz CT molecular complexity index is 519. The smallest absolute Gasteiger partial charge is 0.153 e. The van der Waals surface area contributed by atoms with Crippen molar-refractivity contribution in [3.63, 3.8) is 0 Å². The van der Waals surface area contributed by atoms with Crippen LogP contribution in [0.3, 0.4) is 0 Å². The van der Waals surface area contributed by atoms with Gasteiger partial charge in [-0.25, -0.2) is 0 Å². The zero-order valence-corrected chi connectivity index (χ0v) is 9.58. The number of aromatic amines is 1. The van der Waals surface area contributed by atoms with E-state index in [0.717, 1.165) is 23.2 Å². The Labute approximate surface area is 98.4 Å². The van der Waals surface area contributed by atoms with Gasteiger partial charge in [-0.2, -0.15) is 5.10 Å². The summed E-state index contributed by atoms with van der Waals surface area (Å²) in [7, 11) is 0. The Kier molecular flexibility index (Phi) is 3.06. The van der Waals surface area contributed by atoms with Crippen molar-refractivity contribution in [1.29, 1.82) is 0 Å². The van der Waals surface area contributed by atoms with Gasteiger partial charge in [0.2, 0.25) is 0 Å². The second-order valence-electron chi connectivity index (χ2n) is 3.60. The number of nitrogens with one attached hydrogen (secondary N) is 1. The average molecular weight is 235 g/mol. The van der Waals surface area contributed by atoms with Gasteiger partial charge in [-0.05, 0) is 18.6 Å². The average Bonchev–Trinajstić information content (AvgIpc) is 2.63. The monoisotopic (exact) mass is 234 g/mol. The highest BCUT2D eigenvalue weighted by atomic mass is 35.5. The highest BCUT2D eigenvalue weighted by Crippen LogP contribution is 2.20. The lowest BCUT2D eigenvalue weighted by atomic mass is 10.1. The summed E-state index contributed by atoms with van der Waals surface area (Å²) in [6.07, 6.45) is 1.39. The molecule has 2 rings (SSSR count). The molecule has 2 aromatic rings. The van der Waals surface area contributed by atoms with Gasteiger partial charge in [0.1, 0.15) is 0 Å². The third kappa shape index (κ3) is 1.99. The zero-order chi connectivity index (χ0) is 11.5. The number of aldehydes is 1. The first kappa shape index (κ1) is 10.9. The summed E-state index contributed by atoms with van der Waals surface area (Å²) in [4.78, 5) is 10.9. The molecule has 0 fully saturated rings. The van der Waals surface area contributed by atoms with Gasteiger partial charge < -0.3 is 0 Å². The molecular weight excluding hydrogens is 224 g/mol. The molecule has 0 saturated carbocycles. The molecule has 0 aliphatic rings. The fourth-order valence-corrected chi connectivity index (χ4v) is 1.80. The Balaban J connectivity index is 2.34. The molecule has 82 valence electrons. The molecule has 0 bridgehead atoms. The van der Waals surface area contributed by atoms with E-state index in [9.17, 15) is 4.79 Å². The highest BCUT2D eigenvalue weighted by molar-refractivity contribution is 6.31. The molecule has 0 amide bonds. The molecular formula is C12H11ClN2O. The minimum Gasteiger partial charge on any atom is -0.298 e. The molecule has 0 aliphatic carbocycles. The lowest BCUT2D eigenvalue weighted by Crippen LogP contribution is -1.94. The summed E-state index contributed by atoms with van der Waals surface area (Å²) in [6.45, 7) is 1.83. The van der Waals surface area contributed by atoms with Gasteiger partial charge in [-0.1, -0.05) is 29.8 Å². The van der Waals surface area contributed by atoms with Gasteiger partial charge in [0.05, 0.1) is 11.3 Å². The quantitative estimate of drug-likeness (QED) is 0.830. The maximum Gasteiger partial charge on any atom is 0.153 e. The fraction of sp³-hybridized carbons (Fsp3) is 0.167. The SMILES string of the molecule is Cc1[nH]nc(Cc2ccccc2Cl)c1C=O. The van der Waals surface area contributed by atoms with E-state index in [1.165, 1.54) is 0 Å². The maximum atomic E-state index is 10.9. The predicted molar refractivity (Wildman–Crippen MR) is 63.0 cm³/mol. The molecule has 4 heteroatoms. The molecule has 1 N–H and O–H groups in total. The van der Waals surface area contributed by atoms with Gasteiger partial charge >= 0.3 is 0 Å². The van der Waals surface area contributed by atoms with E-state index in [-0.39, 0.29) is 0 Å². The van der Waals surface area contributed by atoms with Crippen LogP contribution in [0.15, 0.2) is 24.3 Å². The standard InChI is InChI=1S/C12H11ClN2O/c1-8-10(7-16)12(15-14-8)6-9-4-2-3-5-11(9)13/h2-5,7H,6H2,1H3,(H,14,15). The third-order valence-corrected chi connectivity index (χ3v) is 2.88. The van der Waals surface area contributed by atoms with Crippen LogP contribution in [0, 0.1) is 6.92 Å². The first-order chi connectivity index (χ1) is 7.72. The van der Waals surface area contributed by atoms with Crippen LogP contribution in [0.4, 0.5) is 0 Å². The van der Waals surface area contributed by atoms with E-state index >= 15 is 0 Å². The van der Waals surface area contributed by atoms with E-state index in [1.807, 2.05) is 31.2 Å². The fourth-order valence-electron chi connectivity index (χ4n) is 1.60. The number of halogens is 1. The molecule has 0 spiro atoms. The summed E-state index contributed by atoms with van der Waals surface area (Å²) in [5.74, 6) is 0. The summed E-state index contributed by atoms with van der Waals surface area (Å²) >= 11 is 6.05. The zero-order valence-electron chi connectivity index (χ0n) is 8.83. The van der Waals surface area contributed by atoms with Gasteiger partial charge in [0.15, 0.2) is 6.29 Å². The summed E-state index contributed by atoms with van der Waals surface area (Å²) in [5.41, 5.74) is 3.12. The van der Waals surface area contributed by atoms with Gasteiger partial charge in [0, 0.05) is 17.1 Å². The molecule has 3 nitrogen and oxygen atoms in total. The molecule has 16 heavy (non-hydrogen) atoms. The number of hydrogen-bond acceptors (Lipinski definition) is 2. The Morgan fingerprint density at radius 1 is 1.44 bits per heavy atom. The lowest BCUT2D eigenvalue weighted by molar-refractivity contribution is 0.112. The minimum atomic E-state index is 0.568. The van der Waals surface area contributed by atoms with Crippen LogP contribution >= 0.6 is 11.6 Å². The lowest BCUT2D eigenvalue weighted by Gasteiger charge is -2.01. The number of H-pyrrole nitrogens is 1. The van der Waals surface area contributed by atoms with E-state index in [4.69, 9.17) is 11.6 Å². The molecule has 0 unspecified atom stereocenters. The largest absolute Gasteiger partial charge is 0.298 e. The van der Waals surface area contributed by atoms with E-state index in [0.29, 0.717) is 17.0 Å². The maximum absolute atomic E-state index is 10.9. The number of hydrogen-bond donors (Lipinski definition) is 1. The van der Waals surface area contributed by atoms with Crippen molar-refractivity contribution in [2.75, 3.05) is 0 Å². The van der Waals surface area contributed by atoms with Crippen LogP contribution in [0.5, 0.6) is 0 Å². The summed E-state index contributed by atoms with van der Waals surface area (Å²) in [5, 5.41) is 7.61. The molecule has 0 radical (unpaired) electrons.